The first kappa shape index (κ1) is 24.5. The van der Waals surface area contributed by atoms with E-state index in [-0.39, 0.29) is 49.2 Å². The molecule has 0 unspecified atom stereocenters. The predicted molar refractivity (Wildman–Crippen MR) is 116 cm³/mol. The lowest BCUT2D eigenvalue weighted by atomic mass is 9.62. The molecule has 2 N–H and O–H groups in total. The van der Waals surface area contributed by atoms with Gasteiger partial charge in [-0.25, -0.2) is 4.39 Å². The predicted octanol–water partition coefficient (Wildman–Crippen LogP) is 4.14. The summed E-state index contributed by atoms with van der Waals surface area (Å²) in [5.41, 5.74) is -4.11. The van der Waals surface area contributed by atoms with Gasteiger partial charge in [-0.05, 0) is 48.1 Å². The van der Waals surface area contributed by atoms with Crippen LogP contribution in [0.5, 0.6) is 0 Å². The van der Waals surface area contributed by atoms with Crippen molar-refractivity contribution in [3.05, 3.63) is 70.5 Å². The minimum Gasteiger partial charge on any atom is -0.369 e. The Morgan fingerprint density at radius 3 is 2.21 bits per heavy atom. The molecule has 0 bridgehead atoms. The number of amides is 2. The van der Waals surface area contributed by atoms with Gasteiger partial charge in [0.05, 0.1) is 0 Å². The molecule has 1 spiro atoms. The molecule has 2 aliphatic heterocycles. The third-order valence-electron chi connectivity index (χ3n) is 7.06. The molecule has 0 aromatic heterocycles. The highest BCUT2D eigenvalue weighted by atomic mass is 35.5. The van der Waals surface area contributed by atoms with Crippen molar-refractivity contribution in [1.82, 2.24) is 10.2 Å². The number of rotatable bonds is 3. The fourth-order valence-corrected chi connectivity index (χ4v) is 5.24. The number of piperidine rings is 2. The van der Waals surface area contributed by atoms with Gasteiger partial charge in [-0.15, -0.1) is 0 Å². The summed E-state index contributed by atoms with van der Waals surface area (Å²) < 4.78 is 55.4. The number of nitrogens with one attached hydrogen (secondary N) is 1. The van der Waals surface area contributed by atoms with Gasteiger partial charge in [0.25, 0.3) is 11.5 Å². The first-order chi connectivity index (χ1) is 16.0. The van der Waals surface area contributed by atoms with E-state index in [0.29, 0.717) is 6.54 Å². The Bertz CT molecular complexity index is 1070. The standard InChI is InChI=1S/C24H23ClF4N2O3/c25-17-5-3-16(4-6-17)23(34,24(27,28)29)21(33)31-11-9-22(10-12-31)13-20(32)30-14-19(22)15-1-7-18(26)8-2-15/h1-8,19,34H,9-14H2,(H,30,32)/t19-,23-/m0/s1. The average molecular weight is 499 g/mol. The van der Waals surface area contributed by atoms with Crippen molar-refractivity contribution in [3.8, 4) is 0 Å². The van der Waals surface area contributed by atoms with Crippen LogP contribution in [0.15, 0.2) is 48.5 Å². The van der Waals surface area contributed by atoms with Crippen molar-refractivity contribution >= 4 is 23.4 Å². The third kappa shape index (κ3) is 4.27. The molecule has 34 heavy (non-hydrogen) atoms. The Morgan fingerprint density at radius 2 is 1.65 bits per heavy atom. The third-order valence-corrected chi connectivity index (χ3v) is 7.31. The lowest BCUT2D eigenvalue weighted by Crippen LogP contribution is -2.59. The van der Waals surface area contributed by atoms with E-state index in [4.69, 9.17) is 11.6 Å². The lowest BCUT2D eigenvalue weighted by Gasteiger charge is -2.50. The number of halogens is 5. The average Bonchev–Trinajstić information content (AvgIpc) is 2.79. The second-order valence-electron chi connectivity index (χ2n) is 8.95. The van der Waals surface area contributed by atoms with E-state index in [1.807, 2.05) is 0 Å². The molecule has 0 radical (unpaired) electrons. The van der Waals surface area contributed by atoms with Crippen LogP contribution in [0, 0.1) is 11.2 Å². The van der Waals surface area contributed by atoms with E-state index >= 15 is 0 Å². The Labute approximate surface area is 198 Å². The van der Waals surface area contributed by atoms with Crippen LogP contribution >= 0.6 is 11.6 Å². The minimum absolute atomic E-state index is 0.0597. The maximum atomic E-state index is 14.0. The van der Waals surface area contributed by atoms with E-state index in [1.165, 1.54) is 24.3 Å². The summed E-state index contributed by atoms with van der Waals surface area (Å²) in [6.45, 7) is 0.196. The molecule has 10 heteroatoms. The molecule has 2 aromatic rings. The number of benzene rings is 2. The fourth-order valence-electron chi connectivity index (χ4n) is 5.11. The number of hydrogen-bond acceptors (Lipinski definition) is 3. The summed E-state index contributed by atoms with van der Waals surface area (Å²) in [6.07, 6.45) is -4.57. The monoisotopic (exact) mass is 498 g/mol. The van der Waals surface area contributed by atoms with Gasteiger partial charge in [-0.2, -0.15) is 13.2 Å². The molecule has 2 fully saturated rings. The first-order valence-corrected chi connectivity index (χ1v) is 11.2. The van der Waals surface area contributed by atoms with Gasteiger partial charge in [0.1, 0.15) is 5.82 Å². The zero-order valence-electron chi connectivity index (χ0n) is 18.0. The van der Waals surface area contributed by atoms with Gasteiger partial charge in [-0.3, -0.25) is 9.59 Å². The van der Waals surface area contributed by atoms with Gasteiger partial charge in [0, 0.05) is 42.6 Å². The summed E-state index contributed by atoms with van der Waals surface area (Å²) in [6, 6.07) is 10.3. The summed E-state index contributed by atoms with van der Waals surface area (Å²) in [7, 11) is 0. The van der Waals surface area contributed by atoms with E-state index < -0.39 is 34.5 Å². The molecule has 5 nitrogen and oxygen atoms in total. The van der Waals surface area contributed by atoms with E-state index in [0.717, 1.165) is 22.6 Å². The van der Waals surface area contributed by atoms with Crippen molar-refractivity contribution in [2.24, 2.45) is 5.41 Å². The summed E-state index contributed by atoms with van der Waals surface area (Å²) >= 11 is 5.76. The number of aliphatic hydroxyl groups is 1. The van der Waals surface area contributed by atoms with Crippen LogP contribution in [0.4, 0.5) is 17.6 Å². The SMILES string of the molecule is O=C1CC2(CCN(C(=O)[C@@](O)(c3ccc(Cl)cc3)C(F)(F)F)CC2)[C@H](c2ccc(F)cc2)CN1. The molecule has 4 rings (SSSR count). The molecule has 2 atom stereocenters. The zero-order chi connectivity index (χ0) is 24.7. The molecular formula is C24H23ClF4N2O3. The van der Waals surface area contributed by atoms with Crippen molar-refractivity contribution in [2.45, 2.75) is 37.0 Å². The van der Waals surface area contributed by atoms with Crippen molar-refractivity contribution in [1.29, 1.82) is 0 Å². The van der Waals surface area contributed by atoms with Crippen molar-refractivity contribution in [2.75, 3.05) is 19.6 Å². The molecule has 0 saturated carbocycles. The smallest absolute Gasteiger partial charge is 0.369 e. The van der Waals surface area contributed by atoms with Crippen molar-refractivity contribution < 1.29 is 32.3 Å². The maximum absolute atomic E-state index is 14.0. The summed E-state index contributed by atoms with van der Waals surface area (Å²) in [5, 5.41) is 13.6. The number of likely N-dealkylation sites (tertiary alicyclic amines) is 1. The normalized spacial score (nSPS) is 22.2. The quantitative estimate of drug-likeness (QED) is 0.625. The molecule has 2 amide bonds. The van der Waals surface area contributed by atoms with E-state index in [1.54, 1.807) is 12.1 Å². The highest BCUT2D eigenvalue weighted by molar-refractivity contribution is 6.30. The summed E-state index contributed by atoms with van der Waals surface area (Å²) in [4.78, 5) is 26.3. The number of carbonyl (C=O) groups excluding carboxylic acids is 2. The Kier molecular flexibility index (Phi) is 6.37. The summed E-state index contributed by atoms with van der Waals surface area (Å²) in [5.74, 6) is -2.21. The van der Waals surface area contributed by atoms with Crippen LogP contribution < -0.4 is 5.32 Å². The van der Waals surface area contributed by atoms with Crippen molar-refractivity contribution in [3.63, 3.8) is 0 Å². The molecule has 2 saturated heterocycles. The Balaban J connectivity index is 1.59. The Hall–Kier alpha value is -2.65. The van der Waals surface area contributed by atoms with Crippen LogP contribution in [0.2, 0.25) is 5.02 Å². The second-order valence-corrected chi connectivity index (χ2v) is 9.39. The number of carbonyl (C=O) groups is 2. The minimum atomic E-state index is -5.26. The lowest BCUT2D eigenvalue weighted by molar-refractivity contribution is -0.262. The molecular weight excluding hydrogens is 476 g/mol. The van der Waals surface area contributed by atoms with Crippen LogP contribution in [0.1, 0.15) is 36.3 Å². The molecule has 2 aliphatic rings. The van der Waals surface area contributed by atoms with Crippen LogP contribution in [0.3, 0.4) is 0 Å². The fraction of sp³-hybridized carbons (Fsp3) is 0.417. The second kappa shape index (κ2) is 8.85. The van der Waals surface area contributed by atoms with E-state index in [2.05, 4.69) is 5.32 Å². The highest BCUT2D eigenvalue weighted by Gasteiger charge is 2.62. The molecule has 2 aromatic carbocycles. The first-order valence-electron chi connectivity index (χ1n) is 10.8. The van der Waals surface area contributed by atoms with Gasteiger partial charge < -0.3 is 15.3 Å². The largest absolute Gasteiger partial charge is 0.430 e. The number of alkyl halides is 3. The van der Waals surface area contributed by atoms with Gasteiger partial charge in [0.2, 0.25) is 5.91 Å². The van der Waals surface area contributed by atoms with Gasteiger partial charge >= 0.3 is 6.18 Å². The molecule has 182 valence electrons. The topological polar surface area (TPSA) is 69.6 Å². The van der Waals surface area contributed by atoms with Crippen LogP contribution in [-0.4, -0.2) is 47.6 Å². The highest BCUT2D eigenvalue weighted by Crippen LogP contribution is 2.50. The maximum Gasteiger partial charge on any atom is 0.430 e. The molecule has 0 aliphatic carbocycles. The molecule has 2 heterocycles. The number of hydrogen-bond donors (Lipinski definition) is 2. The van der Waals surface area contributed by atoms with Gasteiger partial charge in [0.15, 0.2) is 0 Å². The van der Waals surface area contributed by atoms with Crippen LogP contribution in [-0.2, 0) is 15.2 Å². The zero-order valence-corrected chi connectivity index (χ0v) is 18.8. The van der Waals surface area contributed by atoms with E-state index in [9.17, 15) is 32.3 Å². The number of nitrogens with zero attached hydrogens (tertiary/aromatic N) is 1. The van der Waals surface area contributed by atoms with Crippen LogP contribution in [0.25, 0.3) is 0 Å². The van der Waals surface area contributed by atoms with Gasteiger partial charge in [-0.1, -0.05) is 35.9 Å². The Morgan fingerprint density at radius 1 is 1.06 bits per heavy atom.